The van der Waals surface area contributed by atoms with Crippen LogP contribution in [0, 0.1) is 0 Å². The summed E-state index contributed by atoms with van der Waals surface area (Å²) in [5.41, 5.74) is -9.69. The fraction of sp³-hybridized carbons (Fsp3) is 0.625. The van der Waals surface area contributed by atoms with Gasteiger partial charge in [-0.1, -0.05) is 0 Å². The fourth-order valence-electron chi connectivity index (χ4n) is 1.14. The van der Waals surface area contributed by atoms with Gasteiger partial charge in [0.15, 0.2) is 0 Å². The molecule has 0 aromatic rings. The van der Waals surface area contributed by atoms with E-state index in [1.54, 1.807) is 0 Å². The zero-order valence-electron chi connectivity index (χ0n) is 9.70. The van der Waals surface area contributed by atoms with Gasteiger partial charge in [0.25, 0.3) is 5.78 Å². The Morgan fingerprint density at radius 3 is 1.04 bits per heavy atom. The first-order valence-corrected chi connectivity index (χ1v) is 4.60. The van der Waals surface area contributed by atoms with E-state index in [9.17, 15) is 66.3 Å². The number of Topliss-reactive ketones (excluding diaryl/α,β-unsaturated/α-hetero) is 1. The van der Waals surface area contributed by atoms with Crippen molar-refractivity contribution in [1.29, 1.82) is 0 Å². The van der Waals surface area contributed by atoms with Gasteiger partial charge in [-0.15, -0.1) is 0 Å². The molecule has 0 rings (SSSR count). The monoisotopic (exact) mass is 378 g/mol. The van der Waals surface area contributed by atoms with Crippen LogP contribution in [-0.2, 0) is 4.79 Å². The molecule has 0 amide bonds. The van der Waals surface area contributed by atoms with Crippen LogP contribution in [0.4, 0.5) is 61.5 Å². The predicted molar refractivity (Wildman–Crippen MR) is 41.2 cm³/mol. The molecule has 136 valence electrons. The molecule has 0 atom stereocenters. The molecule has 0 heterocycles. The summed E-state index contributed by atoms with van der Waals surface area (Å²) in [6.07, 6.45) is -28.5. The lowest BCUT2D eigenvalue weighted by Gasteiger charge is -2.27. The van der Waals surface area contributed by atoms with Crippen molar-refractivity contribution in [2.24, 2.45) is 0 Å². The van der Waals surface area contributed by atoms with Gasteiger partial charge in [0.1, 0.15) is 11.1 Å². The van der Waals surface area contributed by atoms with Gasteiger partial charge in [-0.05, 0) is 0 Å². The van der Waals surface area contributed by atoms with Crippen LogP contribution in [0.15, 0.2) is 11.1 Å². The highest BCUT2D eigenvalue weighted by Gasteiger charge is 2.71. The van der Waals surface area contributed by atoms with Crippen molar-refractivity contribution in [2.75, 3.05) is 0 Å². The molecule has 0 aliphatic rings. The first kappa shape index (κ1) is 21.4. The molecular weight excluding hydrogens is 378 g/mol. The Hall–Kier alpha value is -1.57. The fourth-order valence-corrected chi connectivity index (χ4v) is 1.14. The first-order valence-electron chi connectivity index (χ1n) is 4.60. The van der Waals surface area contributed by atoms with Gasteiger partial charge in [-0.2, -0.15) is 61.5 Å². The number of rotatable bonds is 2. The Balaban J connectivity index is 7.05. The number of halogens is 14. The maximum atomic E-state index is 12.7. The lowest BCUT2D eigenvalue weighted by atomic mass is 9.96. The minimum atomic E-state index is -7.42. The topological polar surface area (TPSA) is 17.1 Å². The molecule has 15 heteroatoms. The molecule has 0 unspecified atom stereocenters. The number of allylic oxidation sites excluding steroid dienone is 2. The predicted octanol–water partition coefficient (Wildman–Crippen LogP) is 4.74. The van der Waals surface area contributed by atoms with Crippen LogP contribution in [0.25, 0.3) is 0 Å². The van der Waals surface area contributed by atoms with Crippen molar-refractivity contribution in [3.63, 3.8) is 0 Å². The van der Waals surface area contributed by atoms with Gasteiger partial charge in [0.05, 0.1) is 0 Å². The van der Waals surface area contributed by atoms with Crippen LogP contribution in [0.5, 0.6) is 0 Å². The average Bonchev–Trinajstić information content (AvgIpc) is 2.17. The van der Waals surface area contributed by atoms with E-state index in [0.29, 0.717) is 0 Å². The molecule has 0 spiro atoms. The Kier molecular flexibility index (Phi) is 5.13. The molecule has 0 aliphatic heterocycles. The third kappa shape index (κ3) is 4.46. The van der Waals surface area contributed by atoms with Crippen LogP contribution in [0.2, 0.25) is 0 Å². The van der Waals surface area contributed by atoms with E-state index in [4.69, 9.17) is 0 Å². The molecule has 0 aromatic carbocycles. The molecule has 0 saturated carbocycles. The van der Waals surface area contributed by atoms with E-state index in [0.717, 1.165) is 0 Å². The van der Waals surface area contributed by atoms with Gasteiger partial charge < -0.3 is 0 Å². The second-order valence-corrected chi connectivity index (χ2v) is 3.64. The number of alkyl halides is 14. The summed E-state index contributed by atoms with van der Waals surface area (Å²) < 4.78 is 170. The van der Waals surface area contributed by atoms with Crippen LogP contribution in [0.1, 0.15) is 0 Å². The van der Waals surface area contributed by atoms with E-state index >= 15 is 0 Å². The van der Waals surface area contributed by atoms with E-state index in [2.05, 4.69) is 0 Å². The number of hydrogen-bond donors (Lipinski definition) is 0. The summed E-state index contributed by atoms with van der Waals surface area (Å²) in [6.45, 7) is 0. The largest absolute Gasteiger partial charge is 0.458 e. The van der Waals surface area contributed by atoms with E-state index in [1.165, 1.54) is 0 Å². The van der Waals surface area contributed by atoms with Gasteiger partial charge in [0.2, 0.25) is 0 Å². The van der Waals surface area contributed by atoms with Crippen LogP contribution in [-0.4, -0.2) is 36.4 Å². The van der Waals surface area contributed by atoms with Crippen molar-refractivity contribution in [1.82, 2.24) is 0 Å². The maximum absolute atomic E-state index is 12.7. The quantitative estimate of drug-likeness (QED) is 0.502. The molecule has 0 aliphatic carbocycles. The Morgan fingerprint density at radius 1 is 0.522 bits per heavy atom. The average molecular weight is 378 g/mol. The second kappa shape index (κ2) is 5.51. The van der Waals surface area contributed by atoms with Gasteiger partial charge >= 0.3 is 30.6 Å². The zero-order chi connectivity index (χ0) is 19.2. The lowest BCUT2D eigenvalue weighted by Crippen LogP contribution is -2.47. The molecule has 23 heavy (non-hydrogen) atoms. The smallest absolute Gasteiger partial charge is 0.284 e. The second-order valence-electron chi connectivity index (χ2n) is 3.64. The third-order valence-corrected chi connectivity index (χ3v) is 1.97. The Bertz CT molecular complexity index is 495. The van der Waals surface area contributed by atoms with Gasteiger partial charge in [-0.25, -0.2) is 0 Å². The lowest BCUT2D eigenvalue weighted by molar-refractivity contribution is -0.283. The van der Waals surface area contributed by atoms with Crippen molar-refractivity contribution < 1.29 is 66.3 Å². The maximum Gasteiger partial charge on any atom is 0.458 e. The van der Waals surface area contributed by atoms with Crippen molar-refractivity contribution in [3.05, 3.63) is 11.1 Å². The minimum Gasteiger partial charge on any atom is -0.284 e. The summed E-state index contributed by atoms with van der Waals surface area (Å²) in [7, 11) is 0. The van der Waals surface area contributed by atoms with Crippen molar-refractivity contribution in [2.45, 2.75) is 30.6 Å². The number of carbonyl (C=O) groups is 1. The molecule has 0 saturated heterocycles. The third-order valence-electron chi connectivity index (χ3n) is 1.97. The first-order chi connectivity index (χ1) is 9.65. The van der Waals surface area contributed by atoms with E-state index < -0.39 is 47.6 Å². The SMILES string of the molecule is O=C(/C(=C(/C(F)(F)F)C(F)(F)C(F)(F)F)C(F)(F)F)C(F)(F)F. The molecule has 0 radical (unpaired) electrons. The van der Waals surface area contributed by atoms with Crippen molar-refractivity contribution >= 4 is 5.78 Å². The molecule has 0 bridgehead atoms. The summed E-state index contributed by atoms with van der Waals surface area (Å²) >= 11 is 0. The molecule has 0 aromatic heterocycles. The minimum absolute atomic E-state index is 4.54. The standard InChI is InChI=1S/C8F14O/c9-4(10,8(20,21)22)2(6(14,15)16)1(5(11,12)13)3(23)7(17,18)19/b2-1-. The summed E-state index contributed by atoms with van der Waals surface area (Å²) in [5.74, 6) is -12.0. The summed E-state index contributed by atoms with van der Waals surface area (Å²) in [5, 5.41) is 0. The van der Waals surface area contributed by atoms with E-state index in [1.807, 2.05) is 0 Å². The van der Waals surface area contributed by atoms with Crippen molar-refractivity contribution in [3.8, 4) is 0 Å². The van der Waals surface area contributed by atoms with Crippen LogP contribution >= 0.6 is 0 Å². The Morgan fingerprint density at radius 2 is 0.870 bits per heavy atom. The molecule has 1 nitrogen and oxygen atoms in total. The summed E-state index contributed by atoms with van der Waals surface area (Å²) in [4.78, 5) is 10.4. The van der Waals surface area contributed by atoms with Crippen LogP contribution < -0.4 is 0 Å². The highest BCUT2D eigenvalue weighted by Crippen LogP contribution is 2.51. The van der Waals surface area contributed by atoms with Crippen LogP contribution in [0.3, 0.4) is 0 Å². The number of hydrogen-bond acceptors (Lipinski definition) is 1. The summed E-state index contributed by atoms with van der Waals surface area (Å²) in [6, 6.07) is 0. The molecule has 0 fully saturated rings. The van der Waals surface area contributed by atoms with Gasteiger partial charge in [-0.3, -0.25) is 4.79 Å². The molecular formula is C8F14O. The molecule has 0 N–H and O–H groups in total. The number of ketones is 1. The highest BCUT2D eigenvalue weighted by molar-refractivity contribution is 6.01. The highest BCUT2D eigenvalue weighted by atomic mass is 19.4. The number of carbonyl (C=O) groups excluding carboxylic acids is 1. The van der Waals surface area contributed by atoms with E-state index in [-0.39, 0.29) is 0 Å². The normalized spacial score (nSPS) is 16.3. The Labute approximate surface area is 115 Å². The zero-order valence-corrected chi connectivity index (χ0v) is 9.70. The van der Waals surface area contributed by atoms with Gasteiger partial charge in [0, 0.05) is 0 Å².